The van der Waals surface area contributed by atoms with Gasteiger partial charge >= 0.3 is 0 Å². The third-order valence-corrected chi connectivity index (χ3v) is 7.53. The number of nitriles is 1. The van der Waals surface area contributed by atoms with Gasteiger partial charge in [0, 0.05) is 31.4 Å². The van der Waals surface area contributed by atoms with Crippen LogP contribution in [0, 0.1) is 22.6 Å². The van der Waals surface area contributed by atoms with E-state index in [9.17, 15) is 18.1 Å². The lowest BCUT2D eigenvalue weighted by molar-refractivity contribution is 0.300. The Hall–Kier alpha value is -1.65. The summed E-state index contributed by atoms with van der Waals surface area (Å²) in [6, 6.07) is 8.43. The van der Waals surface area contributed by atoms with Crippen molar-refractivity contribution in [3.8, 4) is 6.07 Å². The van der Waals surface area contributed by atoms with E-state index in [0.29, 0.717) is 32.5 Å². The molecular weight excluding hydrogens is 341 g/mol. The topological polar surface area (TPSA) is 64.4 Å². The molecule has 7 heteroatoms. The van der Waals surface area contributed by atoms with Gasteiger partial charge in [0.05, 0.1) is 17.2 Å². The fourth-order valence-electron chi connectivity index (χ4n) is 4.03. The first-order chi connectivity index (χ1) is 11.9. The van der Waals surface area contributed by atoms with E-state index in [1.54, 1.807) is 6.07 Å². The lowest BCUT2D eigenvalue weighted by Gasteiger charge is -2.41. The molecule has 1 unspecified atom stereocenters. The van der Waals surface area contributed by atoms with Gasteiger partial charge in [-0.15, -0.1) is 0 Å². The van der Waals surface area contributed by atoms with Crippen LogP contribution in [0.5, 0.6) is 0 Å². The minimum absolute atomic E-state index is 0.0825. The van der Waals surface area contributed by atoms with E-state index >= 15 is 0 Å². The van der Waals surface area contributed by atoms with Crippen molar-refractivity contribution in [1.82, 2.24) is 4.31 Å². The SMILES string of the molecule is CC1CN(c2cccc(F)c2)CCN1S(=O)(=O)CC1(C#N)CCCC1. The molecule has 0 radical (unpaired) electrons. The van der Waals surface area contributed by atoms with Crippen LogP contribution in [-0.2, 0) is 10.0 Å². The van der Waals surface area contributed by atoms with Gasteiger partial charge in [0.25, 0.3) is 0 Å². The van der Waals surface area contributed by atoms with Crippen LogP contribution >= 0.6 is 0 Å². The van der Waals surface area contributed by atoms with Gasteiger partial charge in [-0.25, -0.2) is 12.8 Å². The average molecular weight is 365 g/mol. The number of halogens is 1. The second kappa shape index (κ2) is 6.93. The van der Waals surface area contributed by atoms with Crippen LogP contribution in [0.2, 0.25) is 0 Å². The molecule has 0 aromatic heterocycles. The van der Waals surface area contributed by atoms with E-state index in [0.717, 1.165) is 18.5 Å². The Morgan fingerprint density at radius 3 is 2.64 bits per heavy atom. The molecule has 1 atom stereocenters. The molecule has 0 spiro atoms. The second-order valence-corrected chi connectivity index (χ2v) is 9.16. The normalized spacial score (nSPS) is 24.2. The quantitative estimate of drug-likeness (QED) is 0.823. The summed E-state index contributed by atoms with van der Waals surface area (Å²) in [4.78, 5) is 2.01. The van der Waals surface area contributed by atoms with Crippen LogP contribution in [0.1, 0.15) is 32.6 Å². The van der Waals surface area contributed by atoms with E-state index in [1.165, 1.54) is 16.4 Å². The molecule has 0 amide bonds. The van der Waals surface area contributed by atoms with Gasteiger partial charge in [0.2, 0.25) is 10.0 Å². The molecule has 1 aliphatic heterocycles. The van der Waals surface area contributed by atoms with Gasteiger partial charge in [-0.1, -0.05) is 18.9 Å². The second-order valence-electron chi connectivity index (χ2n) is 7.24. The summed E-state index contributed by atoms with van der Waals surface area (Å²) in [6.07, 6.45) is 3.18. The zero-order chi connectivity index (χ0) is 18.1. The van der Waals surface area contributed by atoms with Crippen molar-refractivity contribution in [2.75, 3.05) is 30.3 Å². The minimum Gasteiger partial charge on any atom is -0.369 e. The zero-order valence-corrected chi connectivity index (χ0v) is 15.3. The first-order valence-electron chi connectivity index (χ1n) is 8.77. The third-order valence-electron chi connectivity index (χ3n) is 5.35. The van der Waals surface area contributed by atoms with Gasteiger partial charge in [-0.2, -0.15) is 9.57 Å². The Balaban J connectivity index is 1.71. The molecule has 5 nitrogen and oxygen atoms in total. The number of rotatable bonds is 4. The van der Waals surface area contributed by atoms with Gasteiger partial charge in [-0.05, 0) is 38.0 Å². The van der Waals surface area contributed by atoms with Crippen LogP contribution < -0.4 is 4.90 Å². The smallest absolute Gasteiger partial charge is 0.216 e. The third kappa shape index (κ3) is 3.80. The summed E-state index contributed by atoms with van der Waals surface area (Å²) < 4.78 is 40.8. The Bertz CT molecular complexity index is 769. The van der Waals surface area contributed by atoms with Crippen molar-refractivity contribution >= 4 is 15.7 Å². The van der Waals surface area contributed by atoms with Crippen LogP contribution in [-0.4, -0.2) is 44.2 Å². The van der Waals surface area contributed by atoms with Crippen molar-refractivity contribution in [2.45, 2.75) is 38.6 Å². The molecule has 25 heavy (non-hydrogen) atoms. The van der Waals surface area contributed by atoms with Crippen molar-refractivity contribution in [3.05, 3.63) is 30.1 Å². The first-order valence-corrected chi connectivity index (χ1v) is 10.4. The molecule has 1 aromatic rings. The predicted molar refractivity (Wildman–Crippen MR) is 95.1 cm³/mol. The summed E-state index contributed by atoms with van der Waals surface area (Å²) in [5.41, 5.74) is 0.0475. The summed E-state index contributed by atoms with van der Waals surface area (Å²) in [5, 5.41) is 9.48. The molecule has 1 aliphatic carbocycles. The highest BCUT2D eigenvalue weighted by Gasteiger charge is 2.42. The molecule has 1 aromatic carbocycles. The van der Waals surface area contributed by atoms with Gasteiger partial charge < -0.3 is 4.90 Å². The molecule has 1 saturated carbocycles. The highest BCUT2D eigenvalue weighted by Crippen LogP contribution is 2.39. The monoisotopic (exact) mass is 365 g/mol. The van der Waals surface area contributed by atoms with Crippen molar-refractivity contribution < 1.29 is 12.8 Å². The number of hydrogen-bond acceptors (Lipinski definition) is 4. The lowest BCUT2D eigenvalue weighted by atomic mass is 9.91. The van der Waals surface area contributed by atoms with Crippen LogP contribution in [0.15, 0.2) is 24.3 Å². The standard InChI is InChI=1S/C18H24FN3O2S/c1-15-12-21(17-6-4-5-16(19)11-17)9-10-22(15)25(23,24)14-18(13-20)7-2-3-8-18/h4-6,11,15H,2-3,7-10,12,14H2,1H3. The van der Waals surface area contributed by atoms with Crippen LogP contribution in [0.3, 0.4) is 0 Å². The maximum Gasteiger partial charge on any atom is 0.216 e. The fraction of sp³-hybridized carbons (Fsp3) is 0.611. The van der Waals surface area contributed by atoms with E-state index in [1.807, 2.05) is 17.9 Å². The molecule has 0 N–H and O–H groups in total. The van der Waals surface area contributed by atoms with Crippen LogP contribution in [0.4, 0.5) is 10.1 Å². The molecule has 1 heterocycles. The number of benzene rings is 1. The Labute approximate surface area is 149 Å². The van der Waals surface area contributed by atoms with E-state index in [4.69, 9.17) is 0 Å². The van der Waals surface area contributed by atoms with Gasteiger partial charge in [0.1, 0.15) is 5.82 Å². The van der Waals surface area contributed by atoms with Crippen molar-refractivity contribution in [3.63, 3.8) is 0 Å². The van der Waals surface area contributed by atoms with Crippen LogP contribution in [0.25, 0.3) is 0 Å². The Kier molecular flexibility index (Phi) is 5.03. The van der Waals surface area contributed by atoms with E-state index in [-0.39, 0.29) is 17.6 Å². The lowest BCUT2D eigenvalue weighted by Crippen LogP contribution is -2.55. The number of anilines is 1. The molecular formula is C18H24FN3O2S. The summed E-state index contributed by atoms with van der Waals surface area (Å²) in [5.74, 6) is -0.377. The Morgan fingerprint density at radius 2 is 2.04 bits per heavy atom. The molecule has 2 fully saturated rings. The maximum atomic E-state index is 13.4. The molecule has 2 aliphatic rings. The average Bonchev–Trinajstić information content (AvgIpc) is 3.03. The van der Waals surface area contributed by atoms with Gasteiger partial charge in [0.15, 0.2) is 0 Å². The highest BCUT2D eigenvalue weighted by molar-refractivity contribution is 7.89. The number of nitrogens with zero attached hydrogens (tertiary/aromatic N) is 3. The maximum absolute atomic E-state index is 13.4. The van der Waals surface area contributed by atoms with E-state index in [2.05, 4.69) is 6.07 Å². The Morgan fingerprint density at radius 1 is 1.32 bits per heavy atom. The molecule has 136 valence electrons. The van der Waals surface area contributed by atoms with Crippen molar-refractivity contribution in [1.29, 1.82) is 5.26 Å². The highest BCUT2D eigenvalue weighted by atomic mass is 32.2. The minimum atomic E-state index is -3.49. The summed E-state index contributed by atoms with van der Waals surface area (Å²) in [6.45, 7) is 3.27. The van der Waals surface area contributed by atoms with E-state index < -0.39 is 15.4 Å². The largest absolute Gasteiger partial charge is 0.369 e. The van der Waals surface area contributed by atoms with Gasteiger partial charge in [-0.3, -0.25) is 0 Å². The van der Waals surface area contributed by atoms with Crippen molar-refractivity contribution in [2.24, 2.45) is 5.41 Å². The first kappa shape index (κ1) is 18.2. The summed E-state index contributed by atoms with van der Waals surface area (Å²) >= 11 is 0. The molecule has 0 bridgehead atoms. The number of sulfonamides is 1. The predicted octanol–water partition coefficient (Wildman–Crippen LogP) is 2.75. The number of hydrogen-bond donors (Lipinski definition) is 0. The number of piperazine rings is 1. The molecule has 1 saturated heterocycles. The zero-order valence-electron chi connectivity index (χ0n) is 14.5. The fourth-order valence-corrected chi connectivity index (χ4v) is 6.23. The summed E-state index contributed by atoms with van der Waals surface area (Å²) in [7, 11) is -3.49. The molecule has 3 rings (SSSR count).